The fraction of sp³-hybridized carbons (Fsp3) is 0.455. The van der Waals surface area contributed by atoms with Crippen molar-refractivity contribution in [1.82, 2.24) is 0 Å². The third-order valence-corrected chi connectivity index (χ3v) is 2.38. The summed E-state index contributed by atoms with van der Waals surface area (Å²) in [6, 6.07) is 3.19. The number of benzene rings is 1. The maximum Gasteiger partial charge on any atom is 0.131 e. The molecule has 1 aromatic rings. The molecule has 0 heterocycles. The molecule has 0 aliphatic carbocycles. The van der Waals surface area contributed by atoms with Crippen molar-refractivity contribution in [3.8, 4) is 17.2 Å². The van der Waals surface area contributed by atoms with Gasteiger partial charge in [-0.2, -0.15) is 0 Å². The third kappa shape index (κ3) is 3.39. The number of methoxy groups -OCH3 is 3. The smallest absolute Gasteiger partial charge is 0.131 e. The van der Waals surface area contributed by atoms with Crippen molar-refractivity contribution >= 4 is 12.4 Å². The molecule has 0 aromatic heterocycles. The number of hydrogen-bond acceptors (Lipinski definition) is 5. The Kier molecular flexibility index (Phi) is 6.72. The van der Waals surface area contributed by atoms with E-state index in [1.807, 2.05) is 0 Å². The Balaban J connectivity index is 0.00000256. The van der Waals surface area contributed by atoms with Crippen LogP contribution in [0, 0.1) is 0 Å². The number of halogens is 1. The van der Waals surface area contributed by atoms with Crippen LogP contribution in [0.2, 0.25) is 0 Å². The minimum Gasteiger partial charge on any atom is -0.496 e. The predicted molar refractivity (Wildman–Crippen MR) is 69.3 cm³/mol. The summed E-state index contributed by atoms with van der Waals surface area (Å²) >= 11 is 0. The molecule has 17 heavy (non-hydrogen) atoms. The Labute approximate surface area is 107 Å². The Hall–Kier alpha value is -1.17. The molecule has 1 aromatic carbocycles. The lowest BCUT2D eigenvalue weighted by molar-refractivity contribution is 0.364. The summed E-state index contributed by atoms with van der Waals surface area (Å²) in [7, 11) is 4.72. The van der Waals surface area contributed by atoms with Crippen LogP contribution in [0.25, 0.3) is 0 Å². The van der Waals surface area contributed by atoms with Gasteiger partial charge in [0.25, 0.3) is 0 Å². The average Bonchev–Trinajstić information content (AvgIpc) is 2.35. The Bertz CT molecular complexity index is 336. The molecule has 0 radical (unpaired) electrons. The van der Waals surface area contributed by atoms with Crippen LogP contribution in [0.4, 0.5) is 0 Å². The van der Waals surface area contributed by atoms with Gasteiger partial charge in [0.1, 0.15) is 17.2 Å². The molecule has 0 aliphatic heterocycles. The second-order valence-corrected chi connectivity index (χ2v) is 3.29. The van der Waals surface area contributed by atoms with Crippen LogP contribution in [0.1, 0.15) is 11.6 Å². The number of ether oxygens (including phenoxy) is 3. The molecule has 0 amide bonds. The SMILES string of the molecule is COc1cc(OC)c([C@@H](N)CN)c(OC)c1.Cl. The number of rotatable bonds is 5. The Morgan fingerprint density at radius 2 is 1.53 bits per heavy atom. The van der Waals surface area contributed by atoms with Gasteiger partial charge in [0.2, 0.25) is 0 Å². The summed E-state index contributed by atoms with van der Waals surface area (Å²) in [4.78, 5) is 0. The first-order valence-electron chi connectivity index (χ1n) is 4.93. The highest BCUT2D eigenvalue weighted by atomic mass is 35.5. The molecule has 0 saturated carbocycles. The second-order valence-electron chi connectivity index (χ2n) is 3.29. The minimum atomic E-state index is -0.323. The van der Waals surface area contributed by atoms with Crippen LogP contribution in [0.3, 0.4) is 0 Å². The molecule has 0 aliphatic rings. The van der Waals surface area contributed by atoms with Gasteiger partial charge in [-0.05, 0) is 0 Å². The molecule has 5 nitrogen and oxygen atoms in total. The standard InChI is InChI=1S/C11H18N2O3.ClH/c1-14-7-4-9(15-2)11(8(13)6-12)10(5-7)16-3;/h4-5,8H,6,12-13H2,1-3H3;1H/t8-;/m0./s1. The molecule has 0 unspecified atom stereocenters. The van der Waals surface area contributed by atoms with Gasteiger partial charge in [-0.25, -0.2) is 0 Å². The maximum absolute atomic E-state index is 5.91. The molecule has 0 spiro atoms. The number of hydrogen-bond donors (Lipinski definition) is 2. The van der Waals surface area contributed by atoms with Crippen LogP contribution < -0.4 is 25.7 Å². The predicted octanol–water partition coefficient (Wildman–Crippen LogP) is 1.09. The zero-order valence-electron chi connectivity index (χ0n) is 10.2. The van der Waals surface area contributed by atoms with Crippen LogP contribution in [0.15, 0.2) is 12.1 Å². The quantitative estimate of drug-likeness (QED) is 0.830. The highest BCUT2D eigenvalue weighted by Crippen LogP contribution is 2.37. The zero-order valence-corrected chi connectivity index (χ0v) is 11.0. The van der Waals surface area contributed by atoms with E-state index in [0.29, 0.717) is 23.8 Å². The molecule has 4 N–H and O–H groups in total. The Morgan fingerprint density at radius 1 is 1.06 bits per heavy atom. The van der Waals surface area contributed by atoms with Gasteiger partial charge >= 0.3 is 0 Å². The molecular weight excluding hydrogens is 244 g/mol. The van der Waals surface area contributed by atoms with E-state index in [1.54, 1.807) is 33.5 Å². The van der Waals surface area contributed by atoms with Gasteiger partial charge in [-0.3, -0.25) is 0 Å². The molecule has 1 rings (SSSR count). The topological polar surface area (TPSA) is 79.7 Å². The first-order valence-corrected chi connectivity index (χ1v) is 4.93. The maximum atomic E-state index is 5.91. The van der Waals surface area contributed by atoms with Crippen molar-refractivity contribution in [3.63, 3.8) is 0 Å². The highest BCUT2D eigenvalue weighted by molar-refractivity contribution is 5.85. The van der Waals surface area contributed by atoms with Crippen LogP contribution in [0.5, 0.6) is 17.2 Å². The molecule has 1 atom stereocenters. The van der Waals surface area contributed by atoms with Gasteiger partial charge in [0.05, 0.1) is 26.9 Å². The van der Waals surface area contributed by atoms with Crippen molar-refractivity contribution in [3.05, 3.63) is 17.7 Å². The van der Waals surface area contributed by atoms with Crippen molar-refractivity contribution < 1.29 is 14.2 Å². The zero-order chi connectivity index (χ0) is 12.1. The molecule has 6 heteroatoms. The lowest BCUT2D eigenvalue weighted by Gasteiger charge is -2.18. The minimum absolute atomic E-state index is 0. The molecule has 98 valence electrons. The van der Waals surface area contributed by atoms with Crippen LogP contribution >= 0.6 is 12.4 Å². The monoisotopic (exact) mass is 262 g/mol. The fourth-order valence-electron chi connectivity index (χ4n) is 1.52. The van der Waals surface area contributed by atoms with E-state index in [9.17, 15) is 0 Å². The van der Waals surface area contributed by atoms with Crippen LogP contribution in [-0.4, -0.2) is 27.9 Å². The summed E-state index contributed by atoms with van der Waals surface area (Å²) in [5, 5.41) is 0. The van der Waals surface area contributed by atoms with E-state index in [1.165, 1.54) is 0 Å². The lowest BCUT2D eigenvalue weighted by atomic mass is 10.0. The second kappa shape index (κ2) is 7.21. The highest BCUT2D eigenvalue weighted by Gasteiger charge is 2.18. The van der Waals surface area contributed by atoms with E-state index in [-0.39, 0.29) is 18.4 Å². The van der Waals surface area contributed by atoms with Crippen molar-refractivity contribution in [1.29, 1.82) is 0 Å². The molecule has 0 saturated heterocycles. The molecule has 0 fully saturated rings. The lowest BCUT2D eigenvalue weighted by Crippen LogP contribution is -2.22. The normalized spacial score (nSPS) is 11.4. The van der Waals surface area contributed by atoms with E-state index in [0.717, 1.165) is 5.56 Å². The largest absolute Gasteiger partial charge is 0.496 e. The molecule has 0 bridgehead atoms. The number of nitrogens with two attached hydrogens (primary N) is 2. The van der Waals surface area contributed by atoms with Gasteiger partial charge in [0, 0.05) is 24.7 Å². The summed E-state index contributed by atoms with van der Waals surface area (Å²) in [6.07, 6.45) is 0. The van der Waals surface area contributed by atoms with Crippen molar-refractivity contribution in [2.75, 3.05) is 27.9 Å². The van der Waals surface area contributed by atoms with Gasteiger partial charge in [0.15, 0.2) is 0 Å². The fourth-order valence-corrected chi connectivity index (χ4v) is 1.52. The van der Waals surface area contributed by atoms with Crippen LogP contribution in [-0.2, 0) is 0 Å². The summed E-state index contributed by atoms with van der Waals surface area (Å²) in [5.74, 6) is 1.89. The van der Waals surface area contributed by atoms with Gasteiger partial charge in [-0.1, -0.05) is 0 Å². The van der Waals surface area contributed by atoms with Gasteiger partial charge in [-0.15, -0.1) is 12.4 Å². The first kappa shape index (κ1) is 15.8. The van der Waals surface area contributed by atoms with Crippen molar-refractivity contribution in [2.24, 2.45) is 11.5 Å². The van der Waals surface area contributed by atoms with E-state index in [2.05, 4.69) is 0 Å². The molecular formula is C11H19ClN2O3. The summed E-state index contributed by atoms with van der Waals surface area (Å²) in [5.41, 5.74) is 12.2. The van der Waals surface area contributed by atoms with E-state index < -0.39 is 0 Å². The van der Waals surface area contributed by atoms with E-state index >= 15 is 0 Å². The Morgan fingerprint density at radius 3 is 1.82 bits per heavy atom. The first-order chi connectivity index (χ1) is 7.67. The average molecular weight is 263 g/mol. The van der Waals surface area contributed by atoms with Gasteiger partial charge < -0.3 is 25.7 Å². The summed E-state index contributed by atoms with van der Waals surface area (Å²) in [6.45, 7) is 0.319. The summed E-state index contributed by atoms with van der Waals surface area (Å²) < 4.78 is 15.7. The van der Waals surface area contributed by atoms with E-state index in [4.69, 9.17) is 25.7 Å². The van der Waals surface area contributed by atoms with Crippen molar-refractivity contribution in [2.45, 2.75) is 6.04 Å². The third-order valence-electron chi connectivity index (χ3n) is 2.38.